The summed E-state index contributed by atoms with van der Waals surface area (Å²) in [7, 11) is 1.75. The number of hydrogen-bond donors (Lipinski definition) is 2. The largest absolute Gasteiger partial charge is 0.383 e. The Morgan fingerprint density at radius 2 is 2.04 bits per heavy atom. The van der Waals surface area contributed by atoms with Crippen molar-refractivity contribution in [1.29, 1.82) is 0 Å². The van der Waals surface area contributed by atoms with E-state index < -0.39 is 0 Å². The second-order valence-corrected chi connectivity index (χ2v) is 6.36. The molecule has 2 fully saturated rings. The fourth-order valence-corrected chi connectivity index (χ4v) is 3.06. The molecule has 1 aliphatic carbocycles. The van der Waals surface area contributed by atoms with Crippen LogP contribution in [0.4, 0.5) is 11.6 Å². The van der Waals surface area contributed by atoms with Gasteiger partial charge in [0.2, 0.25) is 0 Å². The Morgan fingerprint density at radius 1 is 1.26 bits per heavy atom. The van der Waals surface area contributed by atoms with Crippen LogP contribution in [0.3, 0.4) is 0 Å². The number of nitrogens with one attached hydrogen (secondary N) is 2. The van der Waals surface area contributed by atoms with Gasteiger partial charge in [-0.15, -0.1) is 0 Å². The molecule has 2 heterocycles. The van der Waals surface area contributed by atoms with Crippen molar-refractivity contribution < 1.29 is 4.74 Å². The molecule has 1 saturated carbocycles. The van der Waals surface area contributed by atoms with Crippen LogP contribution in [0.15, 0.2) is 24.3 Å². The Bertz CT molecular complexity index is 686. The molecule has 0 radical (unpaired) electrons. The van der Waals surface area contributed by atoms with E-state index in [2.05, 4.69) is 15.5 Å². The fourth-order valence-electron chi connectivity index (χ4n) is 3.06. The zero-order chi connectivity index (χ0) is 15.6. The molecule has 1 aromatic heterocycles. The molecule has 0 bridgehead atoms. The number of para-hydroxylation sites is 2. The third kappa shape index (κ3) is 3.23. The third-order valence-electron chi connectivity index (χ3n) is 4.39. The first-order valence-electron chi connectivity index (χ1n) is 8.34. The van der Waals surface area contributed by atoms with Crippen LogP contribution in [0, 0.1) is 0 Å². The van der Waals surface area contributed by atoms with E-state index in [1.807, 2.05) is 24.3 Å². The van der Waals surface area contributed by atoms with Crippen molar-refractivity contribution in [2.45, 2.75) is 24.9 Å². The summed E-state index contributed by atoms with van der Waals surface area (Å²) in [6.07, 6.45) is 2.45. The van der Waals surface area contributed by atoms with Crippen molar-refractivity contribution in [3.8, 4) is 0 Å². The molecule has 23 heavy (non-hydrogen) atoms. The van der Waals surface area contributed by atoms with Crippen molar-refractivity contribution in [3.63, 3.8) is 0 Å². The summed E-state index contributed by atoms with van der Waals surface area (Å²) in [5, 5.41) is 7.05. The van der Waals surface area contributed by atoms with Crippen LogP contribution in [0.25, 0.3) is 11.0 Å². The number of methoxy groups -OCH3 is 1. The highest BCUT2D eigenvalue weighted by molar-refractivity contribution is 5.80. The molecule has 0 spiro atoms. The van der Waals surface area contributed by atoms with Gasteiger partial charge in [-0.3, -0.25) is 0 Å². The van der Waals surface area contributed by atoms with Crippen molar-refractivity contribution in [3.05, 3.63) is 24.3 Å². The van der Waals surface area contributed by atoms with Gasteiger partial charge in [0.05, 0.1) is 17.6 Å². The molecule has 2 aromatic rings. The lowest BCUT2D eigenvalue weighted by molar-refractivity contribution is 0.163. The van der Waals surface area contributed by atoms with Gasteiger partial charge in [0, 0.05) is 38.8 Å². The summed E-state index contributed by atoms with van der Waals surface area (Å²) in [6, 6.07) is 8.96. The van der Waals surface area contributed by atoms with Gasteiger partial charge in [0.1, 0.15) is 0 Å². The Morgan fingerprint density at radius 3 is 2.78 bits per heavy atom. The summed E-state index contributed by atoms with van der Waals surface area (Å²) < 4.78 is 5.30. The minimum Gasteiger partial charge on any atom is -0.383 e. The first kappa shape index (κ1) is 14.7. The summed E-state index contributed by atoms with van der Waals surface area (Å²) in [5.74, 6) is 1.89. The number of fused-ring (bicyclic) bond motifs is 1. The zero-order valence-corrected chi connectivity index (χ0v) is 13.5. The number of nitrogens with zero attached hydrogens (tertiary/aromatic N) is 3. The maximum Gasteiger partial charge on any atom is 0.172 e. The number of anilines is 2. The lowest BCUT2D eigenvalue weighted by Crippen LogP contribution is -2.53. The second-order valence-electron chi connectivity index (χ2n) is 6.36. The van der Waals surface area contributed by atoms with Crippen LogP contribution in [0.1, 0.15) is 12.8 Å². The average Bonchev–Trinajstić information content (AvgIpc) is 3.39. The summed E-state index contributed by atoms with van der Waals surface area (Å²) in [5.41, 5.74) is 1.90. The Balaban J connectivity index is 1.68. The van der Waals surface area contributed by atoms with Gasteiger partial charge in [-0.1, -0.05) is 12.1 Å². The Kier molecular flexibility index (Phi) is 4.01. The SMILES string of the molecule is COCC1CN(c2nc3ccccc3nc2NC2CC2)CCN1. The van der Waals surface area contributed by atoms with Gasteiger partial charge in [-0.25, -0.2) is 9.97 Å². The van der Waals surface area contributed by atoms with Gasteiger partial charge in [0.15, 0.2) is 11.6 Å². The molecule has 2 N–H and O–H groups in total. The van der Waals surface area contributed by atoms with Crippen LogP contribution in [0.5, 0.6) is 0 Å². The Labute approximate surface area is 136 Å². The Hall–Kier alpha value is -1.92. The second kappa shape index (κ2) is 6.29. The molecular weight excluding hydrogens is 290 g/mol. The van der Waals surface area contributed by atoms with E-state index in [-0.39, 0.29) is 0 Å². The van der Waals surface area contributed by atoms with E-state index in [1.54, 1.807) is 7.11 Å². The topological polar surface area (TPSA) is 62.3 Å². The number of hydrogen-bond acceptors (Lipinski definition) is 6. The van der Waals surface area contributed by atoms with Gasteiger partial charge in [-0.05, 0) is 25.0 Å². The highest BCUT2D eigenvalue weighted by atomic mass is 16.5. The van der Waals surface area contributed by atoms with Crippen LogP contribution < -0.4 is 15.5 Å². The molecule has 1 saturated heterocycles. The van der Waals surface area contributed by atoms with Crippen LogP contribution >= 0.6 is 0 Å². The number of benzene rings is 1. The standard InChI is InChI=1S/C17H23N5O/c1-23-11-13-10-22(9-8-18-13)17-16(19-12-6-7-12)20-14-4-2-3-5-15(14)21-17/h2-5,12-13,18H,6-11H2,1H3,(H,19,20). The average molecular weight is 313 g/mol. The number of rotatable bonds is 5. The highest BCUT2D eigenvalue weighted by Crippen LogP contribution is 2.31. The molecule has 122 valence electrons. The molecule has 6 heteroatoms. The van der Waals surface area contributed by atoms with Gasteiger partial charge in [-0.2, -0.15) is 0 Å². The lowest BCUT2D eigenvalue weighted by Gasteiger charge is -2.35. The van der Waals surface area contributed by atoms with Crippen molar-refractivity contribution in [2.75, 3.05) is 43.6 Å². The molecule has 0 amide bonds. The molecular formula is C17H23N5O. The van der Waals surface area contributed by atoms with E-state index in [0.29, 0.717) is 18.7 Å². The van der Waals surface area contributed by atoms with E-state index in [1.165, 1.54) is 12.8 Å². The molecule has 4 rings (SSSR count). The predicted octanol–water partition coefficient (Wildman–Crippen LogP) is 1.63. The molecule has 1 atom stereocenters. The zero-order valence-electron chi connectivity index (χ0n) is 13.5. The minimum atomic E-state index is 0.329. The first-order valence-corrected chi connectivity index (χ1v) is 8.34. The van der Waals surface area contributed by atoms with Crippen LogP contribution in [-0.4, -0.2) is 55.4 Å². The molecule has 2 aliphatic rings. The maximum atomic E-state index is 5.30. The van der Waals surface area contributed by atoms with Crippen molar-refractivity contribution >= 4 is 22.7 Å². The summed E-state index contributed by atoms with van der Waals surface area (Å²) >= 11 is 0. The van der Waals surface area contributed by atoms with Gasteiger partial charge in [0.25, 0.3) is 0 Å². The number of aromatic nitrogens is 2. The molecule has 1 unspecified atom stereocenters. The first-order chi connectivity index (χ1) is 11.3. The predicted molar refractivity (Wildman–Crippen MR) is 92.1 cm³/mol. The monoisotopic (exact) mass is 313 g/mol. The van der Waals surface area contributed by atoms with Crippen LogP contribution in [-0.2, 0) is 4.74 Å². The molecule has 6 nitrogen and oxygen atoms in total. The quantitative estimate of drug-likeness (QED) is 0.875. The normalized spacial score (nSPS) is 21.6. The van der Waals surface area contributed by atoms with Crippen LogP contribution in [0.2, 0.25) is 0 Å². The lowest BCUT2D eigenvalue weighted by atomic mass is 10.2. The van der Waals surface area contributed by atoms with E-state index >= 15 is 0 Å². The molecule has 1 aliphatic heterocycles. The van der Waals surface area contributed by atoms with Crippen molar-refractivity contribution in [2.24, 2.45) is 0 Å². The smallest absolute Gasteiger partial charge is 0.172 e. The van der Waals surface area contributed by atoms with E-state index in [0.717, 1.165) is 42.3 Å². The number of ether oxygens (including phenoxy) is 1. The number of piperazine rings is 1. The van der Waals surface area contributed by atoms with E-state index in [9.17, 15) is 0 Å². The summed E-state index contributed by atoms with van der Waals surface area (Å²) in [4.78, 5) is 12.1. The van der Waals surface area contributed by atoms with E-state index in [4.69, 9.17) is 14.7 Å². The highest BCUT2D eigenvalue weighted by Gasteiger charge is 2.27. The minimum absolute atomic E-state index is 0.329. The summed E-state index contributed by atoms with van der Waals surface area (Å²) in [6.45, 7) is 3.47. The van der Waals surface area contributed by atoms with Gasteiger partial charge >= 0.3 is 0 Å². The van der Waals surface area contributed by atoms with Crippen molar-refractivity contribution in [1.82, 2.24) is 15.3 Å². The van der Waals surface area contributed by atoms with Gasteiger partial charge < -0.3 is 20.3 Å². The maximum absolute atomic E-state index is 5.30. The third-order valence-corrected chi connectivity index (χ3v) is 4.39. The fraction of sp³-hybridized carbons (Fsp3) is 0.529. The molecule has 1 aromatic carbocycles.